The average molecular weight is 468 g/mol. The molecule has 0 unspecified atom stereocenters. The molecule has 0 atom stereocenters. The number of alkyl halides is 6. The first-order chi connectivity index (χ1) is 14.8. The van der Waals surface area contributed by atoms with Gasteiger partial charge in [0.05, 0.1) is 6.54 Å². The maximum atomic E-state index is 13.4. The molecule has 0 saturated carbocycles. The lowest BCUT2D eigenvalue weighted by atomic mass is 10.3. The van der Waals surface area contributed by atoms with Gasteiger partial charge in [-0.25, -0.2) is 14.5 Å². The molecule has 15 heteroatoms. The molecule has 3 rings (SSSR count). The van der Waals surface area contributed by atoms with Crippen molar-refractivity contribution in [1.29, 1.82) is 0 Å². The number of anilines is 1. The number of aliphatic carboxylic acids is 1. The van der Waals surface area contributed by atoms with Gasteiger partial charge in [-0.2, -0.15) is 31.4 Å². The maximum absolute atomic E-state index is 13.4. The number of nitrogens with zero attached hydrogens (tertiary/aromatic N) is 5. The molecule has 1 aliphatic heterocycles. The molecule has 1 saturated heterocycles. The van der Waals surface area contributed by atoms with E-state index in [-0.39, 0.29) is 12.1 Å². The van der Waals surface area contributed by atoms with Crippen molar-refractivity contribution in [2.45, 2.75) is 25.8 Å². The van der Waals surface area contributed by atoms with Crippen LogP contribution >= 0.6 is 0 Å². The summed E-state index contributed by atoms with van der Waals surface area (Å²) in [5, 5.41) is 13.7. The van der Waals surface area contributed by atoms with Crippen LogP contribution < -0.4 is 15.8 Å². The van der Waals surface area contributed by atoms with Gasteiger partial charge in [0.2, 0.25) is 5.95 Å². The third-order valence-electron chi connectivity index (χ3n) is 4.24. The molecule has 1 aliphatic rings. The number of aromatic nitrogens is 4. The Labute approximate surface area is 176 Å². The number of nitrogens with one attached hydrogen (secondary N) is 1. The van der Waals surface area contributed by atoms with Crippen LogP contribution in [0.25, 0.3) is 11.0 Å². The highest BCUT2D eigenvalue weighted by Crippen LogP contribution is 2.33. The largest absolute Gasteiger partial charge is 0.490 e. The number of hydrogen-bond donors (Lipinski definition) is 2. The van der Waals surface area contributed by atoms with Gasteiger partial charge in [0.15, 0.2) is 5.69 Å². The van der Waals surface area contributed by atoms with E-state index in [0.717, 1.165) is 0 Å². The van der Waals surface area contributed by atoms with Crippen LogP contribution in [0.15, 0.2) is 4.79 Å². The minimum Gasteiger partial charge on any atom is -0.475 e. The fraction of sp³-hybridized carbons (Fsp3) is 0.529. The van der Waals surface area contributed by atoms with Crippen molar-refractivity contribution in [3.05, 3.63) is 16.0 Å². The summed E-state index contributed by atoms with van der Waals surface area (Å²) in [7, 11) is 1.20. The highest BCUT2D eigenvalue weighted by Gasteiger charge is 2.39. The fourth-order valence-electron chi connectivity index (χ4n) is 2.82. The van der Waals surface area contributed by atoms with Crippen LogP contribution in [-0.2, 0) is 24.6 Å². The van der Waals surface area contributed by atoms with Gasteiger partial charge in [-0.3, -0.25) is 9.36 Å². The SMILES string of the molecule is CC#CCn1c(N2CCNCC2)nc2c(C(F)(F)F)nn(C)c(=O)c21.O=C(O)C(F)(F)F. The number of piperazine rings is 1. The van der Waals surface area contributed by atoms with Gasteiger partial charge < -0.3 is 15.3 Å². The highest BCUT2D eigenvalue weighted by molar-refractivity contribution is 5.80. The van der Waals surface area contributed by atoms with E-state index in [9.17, 15) is 31.1 Å². The van der Waals surface area contributed by atoms with Gasteiger partial charge in [-0.1, -0.05) is 5.92 Å². The first-order valence-electron chi connectivity index (χ1n) is 8.99. The standard InChI is InChI=1S/C15H17F3N6O.C2HF3O2/c1-3-4-7-24-11-10(20-14(24)23-8-5-19-6-9-23)12(15(16,17)18)21-22(2)13(11)25;3-2(4,5)1(6)7/h19H,5-9H2,1-2H3;(H,6,7). The molecule has 3 heterocycles. The Hall–Kier alpha value is -3.28. The summed E-state index contributed by atoms with van der Waals surface area (Å²) in [6.07, 6.45) is -9.79. The van der Waals surface area contributed by atoms with Crippen LogP contribution in [0.2, 0.25) is 0 Å². The Balaban J connectivity index is 0.000000451. The van der Waals surface area contributed by atoms with E-state index >= 15 is 0 Å². The second-order valence-corrected chi connectivity index (χ2v) is 6.44. The van der Waals surface area contributed by atoms with Crippen molar-refractivity contribution in [2.24, 2.45) is 7.05 Å². The van der Waals surface area contributed by atoms with Crippen LogP contribution in [0.4, 0.5) is 32.3 Å². The molecule has 2 aromatic heterocycles. The van der Waals surface area contributed by atoms with Crippen LogP contribution in [0.5, 0.6) is 0 Å². The predicted octanol–water partition coefficient (Wildman–Crippen LogP) is 1.22. The number of rotatable bonds is 2. The van der Waals surface area contributed by atoms with Crippen molar-refractivity contribution in [3.63, 3.8) is 0 Å². The van der Waals surface area contributed by atoms with Gasteiger partial charge in [-0.15, -0.1) is 5.92 Å². The highest BCUT2D eigenvalue weighted by atomic mass is 19.4. The Bertz CT molecular complexity index is 1100. The zero-order valence-corrected chi connectivity index (χ0v) is 16.8. The molecular formula is C17H18F6N6O3. The summed E-state index contributed by atoms with van der Waals surface area (Å²) in [5.74, 6) is 3.07. The van der Waals surface area contributed by atoms with Gasteiger partial charge in [0, 0.05) is 33.2 Å². The number of aryl methyl sites for hydroxylation is 1. The molecule has 0 radical (unpaired) electrons. The number of fused-ring (bicyclic) bond motifs is 1. The van der Waals surface area contributed by atoms with E-state index in [0.29, 0.717) is 36.8 Å². The predicted molar refractivity (Wildman–Crippen MR) is 100.0 cm³/mol. The van der Waals surface area contributed by atoms with E-state index in [4.69, 9.17) is 9.90 Å². The summed E-state index contributed by atoms with van der Waals surface area (Å²) in [6, 6.07) is 0. The quantitative estimate of drug-likeness (QED) is 0.505. The maximum Gasteiger partial charge on any atom is 0.490 e. The van der Waals surface area contributed by atoms with E-state index in [2.05, 4.69) is 27.2 Å². The van der Waals surface area contributed by atoms with Crippen LogP contribution in [0.1, 0.15) is 12.6 Å². The molecule has 0 bridgehead atoms. The monoisotopic (exact) mass is 468 g/mol. The zero-order valence-electron chi connectivity index (χ0n) is 16.8. The molecule has 2 N–H and O–H groups in total. The minimum atomic E-state index is -5.08. The Morgan fingerprint density at radius 1 is 1.19 bits per heavy atom. The number of carboxylic acid groups (broad SMARTS) is 1. The number of halogens is 6. The lowest BCUT2D eigenvalue weighted by Crippen LogP contribution is -2.44. The second kappa shape index (κ2) is 9.47. The normalized spacial score (nSPS) is 14.4. The van der Waals surface area contributed by atoms with Crippen molar-refractivity contribution >= 4 is 23.0 Å². The summed E-state index contributed by atoms with van der Waals surface area (Å²) < 4.78 is 74.0. The average Bonchev–Trinajstić information content (AvgIpc) is 3.08. The minimum absolute atomic E-state index is 0.0861. The van der Waals surface area contributed by atoms with Crippen LogP contribution in [-0.4, -0.2) is 62.8 Å². The van der Waals surface area contributed by atoms with Crippen LogP contribution in [0, 0.1) is 11.8 Å². The molecule has 1 fully saturated rings. The van der Waals surface area contributed by atoms with Crippen molar-refractivity contribution < 1.29 is 36.2 Å². The molecular weight excluding hydrogens is 450 g/mol. The van der Waals surface area contributed by atoms with E-state index in [1.54, 1.807) is 6.92 Å². The fourth-order valence-corrected chi connectivity index (χ4v) is 2.82. The van der Waals surface area contributed by atoms with Crippen molar-refractivity contribution in [2.75, 3.05) is 31.1 Å². The van der Waals surface area contributed by atoms with Crippen molar-refractivity contribution in [1.82, 2.24) is 24.6 Å². The Morgan fingerprint density at radius 2 is 1.75 bits per heavy atom. The van der Waals surface area contributed by atoms with E-state index < -0.39 is 35.1 Å². The topological polar surface area (TPSA) is 105 Å². The molecule has 0 aromatic carbocycles. The third-order valence-corrected chi connectivity index (χ3v) is 4.24. The molecule has 176 valence electrons. The number of imidazole rings is 1. The van der Waals surface area contributed by atoms with E-state index in [1.807, 2.05) is 4.90 Å². The molecule has 32 heavy (non-hydrogen) atoms. The van der Waals surface area contributed by atoms with Gasteiger partial charge in [0.1, 0.15) is 11.0 Å². The first kappa shape index (κ1) is 25.0. The first-order valence-corrected chi connectivity index (χ1v) is 8.99. The molecule has 0 aliphatic carbocycles. The summed E-state index contributed by atoms with van der Waals surface area (Å²) in [5.41, 5.74) is -2.35. The van der Waals surface area contributed by atoms with Crippen molar-refractivity contribution in [3.8, 4) is 11.8 Å². The number of hydrogen-bond acceptors (Lipinski definition) is 6. The Kier molecular flexibility index (Phi) is 7.39. The zero-order chi connectivity index (χ0) is 24.3. The van der Waals surface area contributed by atoms with Gasteiger partial charge in [0.25, 0.3) is 5.56 Å². The van der Waals surface area contributed by atoms with Gasteiger partial charge >= 0.3 is 18.3 Å². The van der Waals surface area contributed by atoms with Crippen LogP contribution in [0.3, 0.4) is 0 Å². The van der Waals surface area contributed by atoms with E-state index in [1.165, 1.54) is 11.6 Å². The summed E-state index contributed by atoms with van der Waals surface area (Å²) >= 11 is 0. The Morgan fingerprint density at radius 3 is 2.22 bits per heavy atom. The molecule has 0 spiro atoms. The van der Waals surface area contributed by atoms with Gasteiger partial charge in [-0.05, 0) is 6.92 Å². The number of carboxylic acids is 1. The number of carbonyl (C=O) groups is 1. The molecule has 2 aromatic rings. The smallest absolute Gasteiger partial charge is 0.475 e. The summed E-state index contributed by atoms with van der Waals surface area (Å²) in [6.45, 7) is 4.25. The lowest BCUT2D eigenvalue weighted by molar-refractivity contribution is -0.192. The molecule has 9 nitrogen and oxygen atoms in total. The lowest BCUT2D eigenvalue weighted by Gasteiger charge is -2.28. The third kappa shape index (κ3) is 5.49. The molecule has 0 amide bonds. The second-order valence-electron chi connectivity index (χ2n) is 6.44. The summed E-state index contributed by atoms with van der Waals surface area (Å²) in [4.78, 5) is 27.4.